The Balaban J connectivity index is 0.000000339. The highest BCUT2D eigenvalue weighted by Crippen LogP contribution is 2.28. The van der Waals surface area contributed by atoms with Crippen LogP contribution in [0.1, 0.15) is 78.6 Å². The number of rotatable bonds is 14. The van der Waals surface area contributed by atoms with E-state index in [1.54, 1.807) is 50.2 Å². The number of nitrogens with two attached hydrogens (primary N) is 1. The number of benzene rings is 2. The minimum absolute atomic E-state index is 0.262. The molecule has 0 aromatic heterocycles. The number of methoxy groups -OCH3 is 1. The van der Waals surface area contributed by atoms with Gasteiger partial charge in [-0.1, -0.05) is 98.3 Å². The van der Waals surface area contributed by atoms with Gasteiger partial charge < -0.3 is 26.4 Å². The molecule has 4 atom stereocenters. The molecular weight excluding hydrogens is 700 g/mol. The fourth-order valence-electron chi connectivity index (χ4n) is 5.09. The number of anilines is 2. The molecule has 6 N–H and O–H groups in total. The van der Waals surface area contributed by atoms with E-state index in [0.717, 1.165) is 25.7 Å². The van der Waals surface area contributed by atoms with E-state index >= 15 is 0 Å². The van der Waals surface area contributed by atoms with Gasteiger partial charge in [0.25, 0.3) is 0 Å². The molecule has 1 saturated carbocycles. The average Bonchev–Trinajstić information content (AvgIpc) is 3.06. The highest BCUT2D eigenvalue weighted by atomic mass is 35.5. The first-order chi connectivity index (χ1) is 22.7. The number of carbonyl (C=O) groups excluding carboxylic acids is 4. The number of hydrogen-bond donors (Lipinski definition) is 5. The van der Waals surface area contributed by atoms with Crippen molar-refractivity contribution in [1.82, 2.24) is 10.6 Å². The van der Waals surface area contributed by atoms with Crippen LogP contribution in [0.4, 0.5) is 11.4 Å². The van der Waals surface area contributed by atoms with Crippen molar-refractivity contribution in [2.45, 2.75) is 103 Å². The number of carbonyl (C=O) groups is 4. The van der Waals surface area contributed by atoms with Crippen molar-refractivity contribution < 1.29 is 23.9 Å². The van der Waals surface area contributed by atoms with Crippen LogP contribution in [0.3, 0.4) is 0 Å². The van der Waals surface area contributed by atoms with Gasteiger partial charge in [-0.3, -0.25) is 19.7 Å². The van der Waals surface area contributed by atoms with Gasteiger partial charge in [0.05, 0.1) is 33.2 Å². The Morgan fingerprint density at radius 3 is 1.81 bits per heavy atom. The Kier molecular flexibility index (Phi) is 18.4. The monoisotopic (exact) mass is 745 g/mol. The van der Waals surface area contributed by atoms with Crippen molar-refractivity contribution in [3.8, 4) is 0 Å². The normalized spacial score (nSPS) is 15.4. The number of nitrogens with one attached hydrogen (secondary N) is 4. The summed E-state index contributed by atoms with van der Waals surface area (Å²) in [6.07, 6.45) is 8.78. The van der Waals surface area contributed by atoms with Crippen LogP contribution in [0.5, 0.6) is 0 Å². The number of imide groups is 1. The Bertz CT molecular complexity index is 1380. The summed E-state index contributed by atoms with van der Waals surface area (Å²) in [5.74, 6) is -1.11. The van der Waals surface area contributed by atoms with Crippen LogP contribution in [-0.2, 0) is 23.9 Å². The fraction of sp³-hybridized carbons (Fsp3) is 0.529. The Hall–Kier alpha value is -2.76. The first-order valence-corrected chi connectivity index (χ1v) is 17.7. The van der Waals surface area contributed by atoms with Crippen molar-refractivity contribution in [2.24, 2.45) is 11.7 Å². The Morgan fingerprint density at radius 2 is 1.33 bits per heavy atom. The number of esters is 1. The maximum absolute atomic E-state index is 12.5. The lowest BCUT2D eigenvalue weighted by Crippen LogP contribution is -2.48. The summed E-state index contributed by atoms with van der Waals surface area (Å²) < 4.78 is 4.88. The summed E-state index contributed by atoms with van der Waals surface area (Å²) in [6.45, 7) is 5.38. The second-order valence-electron chi connectivity index (χ2n) is 11.9. The van der Waals surface area contributed by atoms with Crippen molar-refractivity contribution in [2.75, 3.05) is 17.7 Å². The quantitative estimate of drug-likeness (QED) is 0.126. The zero-order chi connectivity index (χ0) is 35.8. The van der Waals surface area contributed by atoms with Crippen LogP contribution in [0.2, 0.25) is 20.1 Å². The maximum Gasteiger partial charge on any atom is 0.328 e. The zero-order valence-corrected chi connectivity index (χ0v) is 30.9. The van der Waals surface area contributed by atoms with Gasteiger partial charge in [-0.2, -0.15) is 0 Å². The molecule has 0 bridgehead atoms. The van der Waals surface area contributed by atoms with Crippen LogP contribution in [0, 0.1) is 5.92 Å². The van der Waals surface area contributed by atoms with Gasteiger partial charge in [-0.25, -0.2) is 4.79 Å². The highest BCUT2D eigenvalue weighted by Gasteiger charge is 2.28. The van der Waals surface area contributed by atoms with E-state index in [4.69, 9.17) is 56.9 Å². The summed E-state index contributed by atoms with van der Waals surface area (Å²) in [5.41, 5.74) is 7.05. The molecule has 0 saturated heterocycles. The number of ether oxygens (including phenoxy) is 1. The molecule has 3 amide bonds. The standard InChI is InChI=1S/C19H26Cl2N2O3.C15H21Cl2N3O2/c1-12(22-14-8-9-15(20)16(21)11-14)18(24)23-17(19(25)26-2)10-13-6-4-3-5-7-13;1-3-4-5-13(18)15(22)20-14(21)9(2)19-10-6-7-11(16)12(17)8-10/h8-9,11-13,17,22H,3-7,10H2,1-2H3,(H,23,24);6-9,13,19H,3-5,18H2,1-2H3,(H,20,21,22)/t12-,17-;9-,13?/m00/s1. The highest BCUT2D eigenvalue weighted by molar-refractivity contribution is 6.42. The number of unbranched alkanes of at least 4 members (excludes halogenated alkanes) is 1. The molecule has 10 nitrogen and oxygen atoms in total. The van der Waals surface area contributed by atoms with Crippen molar-refractivity contribution in [3.05, 3.63) is 56.5 Å². The van der Waals surface area contributed by atoms with Crippen molar-refractivity contribution in [1.29, 1.82) is 0 Å². The average molecular weight is 748 g/mol. The summed E-state index contributed by atoms with van der Waals surface area (Å²) in [5, 5.41) is 12.8. The third kappa shape index (κ3) is 14.4. The van der Waals surface area contributed by atoms with Gasteiger partial charge in [-0.05, 0) is 69.0 Å². The Morgan fingerprint density at radius 1 is 0.812 bits per heavy atom. The van der Waals surface area contributed by atoms with Gasteiger partial charge in [-0.15, -0.1) is 0 Å². The molecule has 3 rings (SSSR count). The molecule has 1 aliphatic rings. The predicted molar refractivity (Wildman–Crippen MR) is 195 cm³/mol. The van der Waals surface area contributed by atoms with E-state index < -0.39 is 42.0 Å². The molecule has 2 aromatic carbocycles. The molecule has 14 heteroatoms. The largest absolute Gasteiger partial charge is 0.467 e. The molecular formula is C34H47Cl4N5O5. The summed E-state index contributed by atoms with van der Waals surface area (Å²) in [4.78, 5) is 48.4. The lowest BCUT2D eigenvalue weighted by Gasteiger charge is -2.26. The van der Waals surface area contributed by atoms with E-state index in [1.165, 1.54) is 26.4 Å². The number of amides is 3. The molecule has 2 aromatic rings. The second-order valence-corrected chi connectivity index (χ2v) is 13.5. The first kappa shape index (κ1) is 41.4. The Labute approximate surface area is 303 Å². The summed E-state index contributed by atoms with van der Waals surface area (Å²) >= 11 is 23.6. The summed E-state index contributed by atoms with van der Waals surface area (Å²) in [6, 6.07) is 7.58. The maximum atomic E-state index is 12.5. The lowest BCUT2D eigenvalue weighted by molar-refractivity contribution is -0.145. The predicted octanol–water partition coefficient (Wildman–Crippen LogP) is 7.38. The smallest absolute Gasteiger partial charge is 0.328 e. The molecule has 0 radical (unpaired) electrons. The molecule has 1 aliphatic carbocycles. The van der Waals surface area contributed by atoms with Gasteiger partial charge in [0.15, 0.2) is 0 Å². The van der Waals surface area contributed by atoms with Crippen molar-refractivity contribution >= 4 is 81.5 Å². The SMILES string of the molecule is CCCCC(N)C(=O)NC(=O)[C@H](C)Nc1ccc(Cl)c(Cl)c1.COC(=O)[C@H](CC1CCCCC1)NC(=O)[C@H](C)Nc1ccc(Cl)c(Cl)c1. The third-order valence-corrected chi connectivity index (χ3v) is 9.42. The summed E-state index contributed by atoms with van der Waals surface area (Å²) in [7, 11) is 1.35. The van der Waals surface area contributed by atoms with Gasteiger partial charge >= 0.3 is 5.97 Å². The van der Waals surface area contributed by atoms with Gasteiger partial charge in [0, 0.05) is 11.4 Å². The van der Waals surface area contributed by atoms with E-state index in [9.17, 15) is 19.2 Å². The van der Waals surface area contributed by atoms with E-state index in [-0.39, 0.29) is 5.91 Å². The van der Waals surface area contributed by atoms with Crippen LogP contribution >= 0.6 is 46.4 Å². The molecule has 48 heavy (non-hydrogen) atoms. The van der Waals surface area contributed by atoms with Crippen molar-refractivity contribution in [3.63, 3.8) is 0 Å². The lowest BCUT2D eigenvalue weighted by atomic mass is 9.85. The minimum atomic E-state index is -0.666. The molecule has 0 spiro atoms. The topological polar surface area (TPSA) is 152 Å². The molecule has 1 unspecified atom stereocenters. The minimum Gasteiger partial charge on any atom is -0.467 e. The zero-order valence-electron chi connectivity index (χ0n) is 27.8. The second kappa shape index (κ2) is 21.4. The van der Waals surface area contributed by atoms with Crippen LogP contribution in [0.25, 0.3) is 0 Å². The first-order valence-electron chi connectivity index (χ1n) is 16.2. The molecule has 266 valence electrons. The van der Waals surface area contributed by atoms with Crippen LogP contribution in [0.15, 0.2) is 36.4 Å². The van der Waals surface area contributed by atoms with Gasteiger partial charge in [0.2, 0.25) is 17.7 Å². The van der Waals surface area contributed by atoms with E-state index in [2.05, 4.69) is 21.3 Å². The third-order valence-electron chi connectivity index (χ3n) is 7.94. The van der Waals surface area contributed by atoms with Crippen LogP contribution < -0.4 is 27.0 Å². The van der Waals surface area contributed by atoms with E-state index in [0.29, 0.717) is 50.2 Å². The number of halogens is 4. The van der Waals surface area contributed by atoms with Crippen LogP contribution in [-0.4, -0.2) is 55.0 Å². The molecule has 1 fully saturated rings. The van der Waals surface area contributed by atoms with E-state index in [1.807, 2.05) is 6.92 Å². The fourth-order valence-corrected chi connectivity index (χ4v) is 5.69. The molecule has 0 aliphatic heterocycles. The molecule has 0 heterocycles. The number of hydrogen-bond acceptors (Lipinski definition) is 8. The van der Waals surface area contributed by atoms with Gasteiger partial charge in [0.1, 0.15) is 18.1 Å².